The topological polar surface area (TPSA) is 68.5 Å². The van der Waals surface area contributed by atoms with Gasteiger partial charge in [0.1, 0.15) is 0 Å². The lowest BCUT2D eigenvalue weighted by atomic mass is 10.4. The summed E-state index contributed by atoms with van der Waals surface area (Å²) in [5.41, 5.74) is 0. The maximum absolute atomic E-state index is 6.18. The minimum absolute atomic E-state index is 0.466. The van der Waals surface area contributed by atoms with Crippen molar-refractivity contribution in [2.45, 2.75) is 13.3 Å². The summed E-state index contributed by atoms with van der Waals surface area (Å²) in [5.74, 6) is 1.54. The van der Waals surface area contributed by atoms with Gasteiger partial charge in [-0.1, -0.05) is 18.5 Å². The van der Waals surface area contributed by atoms with E-state index in [-0.39, 0.29) is 0 Å². The van der Waals surface area contributed by atoms with E-state index in [1.54, 1.807) is 17.1 Å². The van der Waals surface area contributed by atoms with Crippen molar-refractivity contribution >= 4 is 28.9 Å². The molecule has 8 heteroatoms. The van der Waals surface area contributed by atoms with Crippen LogP contribution >= 0.6 is 22.9 Å². The summed E-state index contributed by atoms with van der Waals surface area (Å²) in [4.78, 5) is 14.1. The minimum atomic E-state index is 0.466. The normalized spacial score (nSPS) is 10.8. The Morgan fingerprint density at radius 3 is 2.90 bits per heavy atom. The Hall–Kier alpha value is -1.99. The molecule has 0 fully saturated rings. The van der Waals surface area contributed by atoms with Gasteiger partial charge in [-0.15, -0.1) is 11.3 Å². The number of anilines is 1. The highest BCUT2D eigenvalue weighted by Gasteiger charge is 2.13. The predicted molar refractivity (Wildman–Crippen MR) is 84.1 cm³/mol. The third-order valence-corrected chi connectivity index (χ3v) is 4.02. The zero-order valence-electron chi connectivity index (χ0n) is 11.3. The lowest BCUT2D eigenvalue weighted by molar-refractivity contribution is 0.796. The molecular formula is C13H13ClN6S. The molecule has 3 aromatic heterocycles. The van der Waals surface area contributed by atoms with E-state index in [0.717, 1.165) is 17.8 Å². The fraction of sp³-hybridized carbons (Fsp3) is 0.231. The van der Waals surface area contributed by atoms with Crippen molar-refractivity contribution in [3.05, 3.63) is 34.9 Å². The van der Waals surface area contributed by atoms with Gasteiger partial charge < -0.3 is 5.32 Å². The van der Waals surface area contributed by atoms with Gasteiger partial charge in [-0.3, -0.25) is 0 Å². The smallest absolute Gasteiger partial charge is 0.255 e. The van der Waals surface area contributed by atoms with E-state index in [1.165, 1.54) is 11.3 Å². The molecule has 0 bridgehead atoms. The summed E-state index contributed by atoms with van der Waals surface area (Å²) in [6, 6.07) is 3.65. The van der Waals surface area contributed by atoms with Crippen molar-refractivity contribution in [3.8, 4) is 16.6 Å². The van der Waals surface area contributed by atoms with Gasteiger partial charge in [-0.25, -0.2) is 4.68 Å². The van der Waals surface area contributed by atoms with Crippen molar-refractivity contribution in [1.29, 1.82) is 0 Å². The molecule has 0 aliphatic heterocycles. The molecule has 0 unspecified atom stereocenters. The molecule has 0 saturated carbocycles. The van der Waals surface area contributed by atoms with Crippen LogP contribution in [-0.4, -0.2) is 31.3 Å². The summed E-state index contributed by atoms with van der Waals surface area (Å²) in [7, 11) is 0. The number of rotatable bonds is 5. The van der Waals surface area contributed by atoms with Crippen LogP contribution in [0, 0.1) is 0 Å². The van der Waals surface area contributed by atoms with Gasteiger partial charge in [0.15, 0.2) is 5.82 Å². The molecular weight excluding hydrogens is 308 g/mol. The van der Waals surface area contributed by atoms with E-state index in [2.05, 4.69) is 32.3 Å². The third kappa shape index (κ3) is 3.03. The summed E-state index contributed by atoms with van der Waals surface area (Å²) in [5, 5.41) is 9.88. The Morgan fingerprint density at radius 2 is 2.24 bits per heavy atom. The quantitative estimate of drug-likeness (QED) is 0.781. The maximum Gasteiger partial charge on any atom is 0.255 e. The van der Waals surface area contributed by atoms with Gasteiger partial charge in [0.25, 0.3) is 5.95 Å². The van der Waals surface area contributed by atoms with E-state index in [4.69, 9.17) is 11.6 Å². The molecule has 0 radical (unpaired) electrons. The Balaban J connectivity index is 2.07. The molecule has 3 rings (SSSR count). The van der Waals surface area contributed by atoms with Crippen molar-refractivity contribution in [2.75, 3.05) is 11.9 Å². The lowest BCUT2D eigenvalue weighted by Crippen LogP contribution is -2.10. The molecule has 3 aromatic rings. The van der Waals surface area contributed by atoms with Crippen LogP contribution in [0.4, 0.5) is 5.95 Å². The molecule has 0 saturated heterocycles. The molecule has 1 N–H and O–H groups in total. The monoisotopic (exact) mass is 320 g/mol. The van der Waals surface area contributed by atoms with Gasteiger partial charge in [0, 0.05) is 18.9 Å². The first-order chi connectivity index (χ1) is 10.3. The molecule has 21 heavy (non-hydrogen) atoms. The second-order valence-electron chi connectivity index (χ2n) is 4.26. The average Bonchev–Trinajstić information content (AvgIpc) is 3.16. The van der Waals surface area contributed by atoms with Crippen LogP contribution in [0.15, 0.2) is 29.9 Å². The number of aromatic nitrogens is 5. The molecule has 6 nitrogen and oxygen atoms in total. The van der Waals surface area contributed by atoms with Crippen LogP contribution in [0.25, 0.3) is 16.6 Å². The summed E-state index contributed by atoms with van der Waals surface area (Å²) < 4.78 is 1.60. The van der Waals surface area contributed by atoms with Crippen molar-refractivity contribution in [3.63, 3.8) is 0 Å². The lowest BCUT2D eigenvalue weighted by Gasteiger charge is -2.07. The first kappa shape index (κ1) is 14.0. The van der Waals surface area contributed by atoms with Gasteiger partial charge in [-0.2, -0.15) is 20.1 Å². The first-order valence-electron chi connectivity index (χ1n) is 6.51. The van der Waals surface area contributed by atoms with Gasteiger partial charge in [0.2, 0.25) is 5.95 Å². The highest BCUT2D eigenvalue weighted by atomic mass is 35.5. The van der Waals surface area contributed by atoms with Crippen LogP contribution in [0.2, 0.25) is 5.02 Å². The summed E-state index contributed by atoms with van der Waals surface area (Å²) in [6.45, 7) is 2.87. The van der Waals surface area contributed by atoms with Crippen LogP contribution in [0.5, 0.6) is 0 Å². The Kier molecular flexibility index (Phi) is 4.12. The molecule has 108 valence electrons. The van der Waals surface area contributed by atoms with Gasteiger partial charge in [-0.05, 0) is 23.9 Å². The second-order valence-corrected chi connectivity index (χ2v) is 5.58. The van der Waals surface area contributed by atoms with Crippen molar-refractivity contribution in [2.24, 2.45) is 0 Å². The average molecular weight is 321 g/mol. The van der Waals surface area contributed by atoms with E-state index < -0.39 is 0 Å². The largest absolute Gasteiger partial charge is 0.354 e. The van der Waals surface area contributed by atoms with Crippen molar-refractivity contribution < 1.29 is 0 Å². The number of halogens is 1. The number of thiophene rings is 1. The number of hydrogen-bond acceptors (Lipinski definition) is 6. The molecule has 0 aromatic carbocycles. The molecule has 0 spiro atoms. The number of nitrogens with zero attached hydrogens (tertiary/aromatic N) is 5. The van der Waals surface area contributed by atoms with Crippen LogP contribution < -0.4 is 5.32 Å². The highest BCUT2D eigenvalue weighted by Crippen LogP contribution is 2.31. The van der Waals surface area contributed by atoms with Gasteiger partial charge >= 0.3 is 0 Å². The van der Waals surface area contributed by atoms with Crippen LogP contribution in [0.3, 0.4) is 0 Å². The van der Waals surface area contributed by atoms with Crippen LogP contribution in [-0.2, 0) is 0 Å². The molecule has 3 heterocycles. The minimum Gasteiger partial charge on any atom is -0.354 e. The highest BCUT2D eigenvalue weighted by molar-refractivity contribution is 7.14. The number of nitrogens with one attached hydrogen (secondary N) is 1. The van der Waals surface area contributed by atoms with E-state index in [0.29, 0.717) is 22.7 Å². The maximum atomic E-state index is 6.18. The van der Waals surface area contributed by atoms with E-state index in [9.17, 15) is 0 Å². The standard InChI is InChI=1S/C13H13ClN6S/c1-2-5-15-12-17-11(10-9(14)4-8-21-10)18-13(19-12)20-7-3-6-16-20/h3-4,6-8H,2,5H2,1H3,(H,15,17,18,19). The SMILES string of the molecule is CCCNc1nc(-c2sccc2Cl)nc(-n2cccn2)n1. The number of hydrogen-bond donors (Lipinski definition) is 1. The zero-order chi connectivity index (χ0) is 14.7. The Labute approximate surface area is 130 Å². The second kappa shape index (κ2) is 6.19. The van der Waals surface area contributed by atoms with Gasteiger partial charge in [0.05, 0.1) is 9.90 Å². The fourth-order valence-electron chi connectivity index (χ4n) is 1.73. The summed E-state index contributed by atoms with van der Waals surface area (Å²) >= 11 is 7.67. The summed E-state index contributed by atoms with van der Waals surface area (Å²) in [6.07, 6.45) is 4.46. The first-order valence-corrected chi connectivity index (χ1v) is 7.77. The molecule has 0 aliphatic carbocycles. The molecule has 0 amide bonds. The molecule has 0 aliphatic rings. The third-order valence-electron chi connectivity index (χ3n) is 2.69. The van der Waals surface area contributed by atoms with Crippen molar-refractivity contribution in [1.82, 2.24) is 24.7 Å². The van der Waals surface area contributed by atoms with E-state index in [1.807, 2.05) is 17.5 Å². The van der Waals surface area contributed by atoms with E-state index >= 15 is 0 Å². The Bertz CT molecular complexity index is 724. The fourth-order valence-corrected chi connectivity index (χ4v) is 2.80. The zero-order valence-corrected chi connectivity index (χ0v) is 12.9. The Morgan fingerprint density at radius 1 is 1.33 bits per heavy atom. The predicted octanol–water partition coefficient (Wildman–Crippen LogP) is 3.26. The molecule has 0 atom stereocenters. The van der Waals surface area contributed by atoms with Crippen LogP contribution in [0.1, 0.15) is 13.3 Å².